The Balaban J connectivity index is 1.55. The van der Waals surface area contributed by atoms with Crippen molar-refractivity contribution in [1.82, 2.24) is 14.8 Å². The predicted molar refractivity (Wildman–Crippen MR) is 114 cm³/mol. The highest BCUT2D eigenvalue weighted by Crippen LogP contribution is 2.27. The Kier molecular flexibility index (Phi) is 5.43. The van der Waals surface area contributed by atoms with Gasteiger partial charge in [0.15, 0.2) is 0 Å². The molecule has 28 heavy (non-hydrogen) atoms. The van der Waals surface area contributed by atoms with Crippen molar-refractivity contribution in [3.8, 4) is 5.13 Å². The van der Waals surface area contributed by atoms with Crippen LogP contribution in [-0.2, 0) is 0 Å². The van der Waals surface area contributed by atoms with E-state index in [2.05, 4.69) is 20.4 Å². The number of hydrogen-bond donors (Lipinski definition) is 1. The van der Waals surface area contributed by atoms with Crippen molar-refractivity contribution >= 4 is 28.1 Å². The first-order chi connectivity index (χ1) is 13.6. The lowest BCUT2D eigenvalue weighted by Crippen LogP contribution is -2.23. The van der Waals surface area contributed by atoms with Crippen LogP contribution in [-0.4, -0.2) is 33.8 Å². The van der Waals surface area contributed by atoms with Crippen LogP contribution >= 0.6 is 11.3 Å². The molecule has 7 heteroatoms. The molecule has 146 valence electrons. The summed E-state index contributed by atoms with van der Waals surface area (Å²) in [4.78, 5) is 15.2. The quantitative estimate of drug-likeness (QED) is 0.702. The van der Waals surface area contributed by atoms with Crippen LogP contribution in [0.1, 0.15) is 47.3 Å². The number of anilines is 2. The maximum absolute atomic E-state index is 12.9. The number of aryl methyl sites for hydroxylation is 2. The fourth-order valence-corrected chi connectivity index (χ4v) is 4.38. The van der Waals surface area contributed by atoms with Gasteiger partial charge in [-0.25, -0.2) is 0 Å². The Morgan fingerprint density at radius 3 is 2.57 bits per heavy atom. The molecule has 0 atom stereocenters. The Hall–Kier alpha value is -2.67. The molecule has 0 radical (unpaired) electrons. The van der Waals surface area contributed by atoms with Crippen LogP contribution in [0.25, 0.3) is 5.13 Å². The molecule has 3 heterocycles. The van der Waals surface area contributed by atoms with Gasteiger partial charge < -0.3 is 10.2 Å². The fraction of sp³-hybridized carbons (Fsp3) is 0.381. The number of amides is 1. The van der Waals surface area contributed by atoms with E-state index in [1.165, 1.54) is 37.0 Å². The van der Waals surface area contributed by atoms with Crippen LogP contribution in [0, 0.1) is 13.8 Å². The molecular formula is C21H25N5OS. The smallest absolute Gasteiger partial charge is 0.272 e. The number of rotatable bonds is 4. The van der Waals surface area contributed by atoms with Gasteiger partial charge in [0.25, 0.3) is 5.91 Å². The van der Waals surface area contributed by atoms with Gasteiger partial charge in [-0.05, 0) is 56.0 Å². The van der Waals surface area contributed by atoms with E-state index in [9.17, 15) is 4.79 Å². The summed E-state index contributed by atoms with van der Waals surface area (Å²) in [6, 6.07) is 9.73. The van der Waals surface area contributed by atoms with E-state index in [0.717, 1.165) is 40.2 Å². The number of carbonyl (C=O) groups excluding carboxylic acids is 1. The van der Waals surface area contributed by atoms with Crippen molar-refractivity contribution in [2.24, 2.45) is 0 Å². The van der Waals surface area contributed by atoms with Crippen molar-refractivity contribution in [3.05, 3.63) is 53.3 Å². The maximum atomic E-state index is 12.9. The van der Waals surface area contributed by atoms with E-state index < -0.39 is 0 Å². The Morgan fingerprint density at radius 2 is 1.79 bits per heavy atom. The molecular weight excluding hydrogens is 370 g/mol. The molecule has 1 aliphatic heterocycles. The highest BCUT2D eigenvalue weighted by atomic mass is 32.1. The van der Waals surface area contributed by atoms with Gasteiger partial charge in [-0.2, -0.15) is 0 Å². The van der Waals surface area contributed by atoms with Crippen LogP contribution in [0.15, 0.2) is 36.5 Å². The number of nitrogens with zero attached hydrogens (tertiary/aromatic N) is 4. The monoisotopic (exact) mass is 395 g/mol. The predicted octanol–water partition coefficient (Wildman–Crippen LogP) is 4.58. The lowest BCUT2D eigenvalue weighted by atomic mass is 10.1. The molecule has 0 bridgehead atoms. The van der Waals surface area contributed by atoms with Gasteiger partial charge in [0.05, 0.1) is 0 Å². The summed E-state index contributed by atoms with van der Waals surface area (Å²) in [6.07, 6.45) is 6.82. The third-order valence-electron chi connectivity index (χ3n) is 5.11. The standard InChI is InChI=1S/C21H25N5OS/c1-15-9-10-16(2)17(14-15)22-19(27)18-8-7-13-26(18)21-24-23-20(28-21)25-11-5-3-4-6-12-25/h7-10,13-14H,3-6,11-12H2,1-2H3,(H,22,27). The van der Waals surface area contributed by atoms with Crippen LogP contribution in [0.3, 0.4) is 0 Å². The maximum Gasteiger partial charge on any atom is 0.272 e. The highest BCUT2D eigenvalue weighted by molar-refractivity contribution is 7.17. The second kappa shape index (κ2) is 8.14. The highest BCUT2D eigenvalue weighted by Gasteiger charge is 2.19. The molecule has 4 rings (SSSR count). The van der Waals surface area contributed by atoms with Gasteiger partial charge in [-0.1, -0.05) is 36.3 Å². The molecule has 1 aliphatic rings. The van der Waals surface area contributed by atoms with Crippen molar-refractivity contribution in [2.45, 2.75) is 39.5 Å². The molecule has 1 N–H and O–H groups in total. The van der Waals surface area contributed by atoms with Crippen LogP contribution in [0.4, 0.5) is 10.8 Å². The topological polar surface area (TPSA) is 63.1 Å². The Bertz CT molecular complexity index is 969. The van der Waals surface area contributed by atoms with E-state index in [4.69, 9.17) is 0 Å². The average molecular weight is 396 g/mol. The van der Waals surface area contributed by atoms with Crippen molar-refractivity contribution in [3.63, 3.8) is 0 Å². The summed E-state index contributed by atoms with van der Waals surface area (Å²) in [7, 11) is 0. The minimum Gasteiger partial charge on any atom is -0.347 e. The van der Waals surface area contributed by atoms with Crippen LogP contribution in [0.2, 0.25) is 0 Å². The second-order valence-corrected chi connectivity index (χ2v) is 8.24. The number of carbonyl (C=O) groups is 1. The molecule has 1 saturated heterocycles. The summed E-state index contributed by atoms with van der Waals surface area (Å²) in [6.45, 7) is 6.07. The average Bonchev–Trinajstić information content (AvgIpc) is 3.28. The van der Waals surface area contributed by atoms with Gasteiger partial charge in [0.1, 0.15) is 5.69 Å². The van der Waals surface area contributed by atoms with E-state index in [-0.39, 0.29) is 5.91 Å². The molecule has 2 aromatic heterocycles. The normalized spacial score (nSPS) is 14.7. The molecule has 0 unspecified atom stereocenters. The van der Waals surface area contributed by atoms with E-state index in [0.29, 0.717) is 5.69 Å². The van der Waals surface area contributed by atoms with Gasteiger partial charge in [0, 0.05) is 25.0 Å². The molecule has 1 aromatic carbocycles. The minimum absolute atomic E-state index is 0.148. The summed E-state index contributed by atoms with van der Waals surface area (Å²) in [5, 5.41) is 13.4. The molecule has 3 aromatic rings. The summed E-state index contributed by atoms with van der Waals surface area (Å²) >= 11 is 1.54. The zero-order chi connectivity index (χ0) is 19.5. The third-order valence-corrected chi connectivity index (χ3v) is 6.09. The molecule has 6 nitrogen and oxygen atoms in total. The summed E-state index contributed by atoms with van der Waals surface area (Å²) in [5.41, 5.74) is 3.54. The van der Waals surface area contributed by atoms with E-state index in [1.54, 1.807) is 0 Å². The SMILES string of the molecule is Cc1ccc(C)c(NC(=O)c2cccn2-c2nnc(N3CCCCCC3)s2)c1. The first-order valence-corrected chi connectivity index (χ1v) is 10.6. The number of benzene rings is 1. The van der Waals surface area contributed by atoms with Crippen LogP contribution in [0.5, 0.6) is 0 Å². The van der Waals surface area contributed by atoms with Crippen molar-refractivity contribution in [1.29, 1.82) is 0 Å². The molecule has 1 fully saturated rings. The number of hydrogen-bond acceptors (Lipinski definition) is 5. The molecule has 0 aliphatic carbocycles. The van der Waals surface area contributed by atoms with Gasteiger partial charge >= 0.3 is 0 Å². The van der Waals surface area contributed by atoms with Gasteiger partial charge in [-0.15, -0.1) is 10.2 Å². The summed E-state index contributed by atoms with van der Waals surface area (Å²) < 4.78 is 1.82. The Morgan fingerprint density at radius 1 is 1.04 bits per heavy atom. The van der Waals surface area contributed by atoms with E-state index >= 15 is 0 Å². The minimum atomic E-state index is -0.148. The first-order valence-electron chi connectivity index (χ1n) is 9.76. The van der Waals surface area contributed by atoms with Crippen LogP contribution < -0.4 is 10.2 Å². The largest absolute Gasteiger partial charge is 0.347 e. The second-order valence-electron chi connectivity index (χ2n) is 7.30. The lowest BCUT2D eigenvalue weighted by Gasteiger charge is -2.17. The zero-order valence-electron chi connectivity index (χ0n) is 16.3. The third kappa shape index (κ3) is 3.94. The molecule has 0 saturated carbocycles. The zero-order valence-corrected chi connectivity index (χ0v) is 17.1. The Labute approximate surface area is 169 Å². The molecule has 0 spiro atoms. The van der Waals surface area contributed by atoms with Gasteiger partial charge in [0.2, 0.25) is 10.3 Å². The lowest BCUT2D eigenvalue weighted by molar-refractivity contribution is 0.102. The number of aromatic nitrogens is 3. The summed E-state index contributed by atoms with van der Waals surface area (Å²) in [5.74, 6) is -0.148. The first kappa shape index (κ1) is 18.7. The number of nitrogens with one attached hydrogen (secondary N) is 1. The van der Waals surface area contributed by atoms with Crippen molar-refractivity contribution < 1.29 is 4.79 Å². The van der Waals surface area contributed by atoms with Crippen molar-refractivity contribution in [2.75, 3.05) is 23.3 Å². The molecule has 1 amide bonds. The fourth-order valence-electron chi connectivity index (χ4n) is 3.48. The van der Waals surface area contributed by atoms with Gasteiger partial charge in [-0.3, -0.25) is 9.36 Å². The van der Waals surface area contributed by atoms with E-state index in [1.807, 2.05) is 54.9 Å².